The second-order valence-corrected chi connectivity index (χ2v) is 4.65. The Labute approximate surface area is 116 Å². The summed E-state index contributed by atoms with van der Waals surface area (Å²) in [5.41, 5.74) is 0.664. The third kappa shape index (κ3) is 2.66. The molecule has 102 valence electrons. The average Bonchev–Trinajstić information content (AvgIpc) is 2.80. The summed E-state index contributed by atoms with van der Waals surface area (Å²) in [4.78, 5) is 24.9. The minimum absolute atomic E-state index is 0.111. The molecule has 1 aromatic rings. The lowest BCUT2D eigenvalue weighted by atomic mass is 10.1. The average molecular weight is 284 g/mol. The van der Waals surface area contributed by atoms with Gasteiger partial charge in [-0.25, -0.2) is 0 Å². The second-order valence-electron chi connectivity index (χ2n) is 4.25. The number of anilines is 1. The molecule has 0 spiro atoms. The van der Waals surface area contributed by atoms with Gasteiger partial charge in [-0.1, -0.05) is 11.6 Å². The first-order chi connectivity index (χ1) is 9.06. The number of esters is 1. The van der Waals surface area contributed by atoms with Crippen molar-refractivity contribution in [3.63, 3.8) is 0 Å². The van der Waals surface area contributed by atoms with Crippen molar-refractivity contribution in [2.45, 2.75) is 6.42 Å². The van der Waals surface area contributed by atoms with Crippen LogP contribution in [0.15, 0.2) is 18.2 Å². The van der Waals surface area contributed by atoms with Crippen LogP contribution in [0.25, 0.3) is 0 Å². The van der Waals surface area contributed by atoms with Crippen molar-refractivity contribution in [3.8, 4) is 5.75 Å². The highest BCUT2D eigenvalue weighted by Gasteiger charge is 2.35. The molecule has 0 aromatic heterocycles. The molecular formula is C13H14ClNO4. The maximum atomic E-state index is 11.9. The zero-order valence-corrected chi connectivity index (χ0v) is 11.4. The molecule has 19 heavy (non-hydrogen) atoms. The Hall–Kier alpha value is -1.75. The number of hydrogen-bond donors (Lipinski definition) is 0. The largest absolute Gasteiger partial charge is 0.495 e. The van der Waals surface area contributed by atoms with E-state index in [4.69, 9.17) is 16.3 Å². The zero-order chi connectivity index (χ0) is 14.0. The van der Waals surface area contributed by atoms with Crippen LogP contribution in [0, 0.1) is 5.92 Å². The number of rotatable bonds is 3. The topological polar surface area (TPSA) is 55.8 Å². The normalized spacial score (nSPS) is 18.6. The predicted molar refractivity (Wildman–Crippen MR) is 70.5 cm³/mol. The molecule has 1 fully saturated rings. The van der Waals surface area contributed by atoms with Crippen LogP contribution in [0.5, 0.6) is 5.75 Å². The molecule has 0 saturated carbocycles. The predicted octanol–water partition coefficient (Wildman–Crippen LogP) is 1.87. The van der Waals surface area contributed by atoms with Gasteiger partial charge in [0.2, 0.25) is 5.91 Å². The number of halogens is 1. The maximum Gasteiger partial charge on any atom is 0.311 e. The Balaban J connectivity index is 2.23. The van der Waals surface area contributed by atoms with Crippen LogP contribution in [-0.4, -0.2) is 32.6 Å². The van der Waals surface area contributed by atoms with E-state index in [0.717, 1.165) is 0 Å². The summed E-state index contributed by atoms with van der Waals surface area (Å²) in [7, 11) is 2.83. The molecule has 0 bridgehead atoms. The fraction of sp³-hybridized carbons (Fsp3) is 0.385. The summed E-state index contributed by atoms with van der Waals surface area (Å²) in [6.07, 6.45) is 0.164. The van der Waals surface area contributed by atoms with Crippen molar-refractivity contribution in [2.75, 3.05) is 25.7 Å². The molecule has 1 amide bonds. The van der Waals surface area contributed by atoms with Gasteiger partial charge in [0.15, 0.2) is 0 Å². The number of carbonyl (C=O) groups is 2. The van der Waals surface area contributed by atoms with E-state index in [-0.39, 0.29) is 18.3 Å². The van der Waals surface area contributed by atoms with E-state index in [1.807, 2.05) is 0 Å². The number of ether oxygens (including phenoxy) is 2. The van der Waals surface area contributed by atoms with Gasteiger partial charge < -0.3 is 14.4 Å². The van der Waals surface area contributed by atoms with E-state index < -0.39 is 5.92 Å². The number of carbonyl (C=O) groups excluding carboxylic acids is 2. The second kappa shape index (κ2) is 5.48. The van der Waals surface area contributed by atoms with Crippen molar-refractivity contribution in [1.29, 1.82) is 0 Å². The third-order valence-corrected chi connectivity index (χ3v) is 3.42. The Morgan fingerprint density at radius 2 is 2.16 bits per heavy atom. The van der Waals surface area contributed by atoms with Crippen LogP contribution in [0.2, 0.25) is 5.02 Å². The smallest absolute Gasteiger partial charge is 0.311 e. The third-order valence-electron chi connectivity index (χ3n) is 3.11. The van der Waals surface area contributed by atoms with E-state index in [9.17, 15) is 9.59 Å². The molecule has 0 radical (unpaired) electrons. The molecule has 1 aromatic carbocycles. The first-order valence-electron chi connectivity index (χ1n) is 5.78. The standard InChI is InChI=1S/C13H14ClNO4/c1-18-11-6-9(3-4-10(11)14)15-7-8(5-12(15)16)13(17)19-2/h3-4,6,8H,5,7H2,1-2H3. The molecule has 5 nitrogen and oxygen atoms in total. The van der Waals surface area contributed by atoms with Gasteiger partial charge in [0, 0.05) is 24.7 Å². The molecule has 1 saturated heterocycles. The van der Waals surface area contributed by atoms with Gasteiger partial charge in [-0.05, 0) is 12.1 Å². The van der Waals surface area contributed by atoms with Gasteiger partial charge in [-0.2, -0.15) is 0 Å². The first kappa shape index (κ1) is 13.7. The van der Waals surface area contributed by atoms with Gasteiger partial charge in [0.1, 0.15) is 5.75 Å². The molecule has 1 aliphatic rings. The highest BCUT2D eigenvalue weighted by Crippen LogP contribution is 2.32. The highest BCUT2D eigenvalue weighted by molar-refractivity contribution is 6.32. The van der Waals surface area contributed by atoms with E-state index in [0.29, 0.717) is 23.0 Å². The molecule has 1 aliphatic heterocycles. The summed E-state index contributed by atoms with van der Waals surface area (Å²) < 4.78 is 9.78. The van der Waals surface area contributed by atoms with Crippen LogP contribution in [0.1, 0.15) is 6.42 Å². The number of amides is 1. The Morgan fingerprint density at radius 3 is 2.79 bits per heavy atom. The minimum atomic E-state index is -0.417. The molecule has 1 heterocycles. The molecule has 0 aliphatic carbocycles. The molecule has 0 N–H and O–H groups in total. The Kier molecular flexibility index (Phi) is 3.95. The van der Waals surface area contributed by atoms with Crippen molar-refractivity contribution in [2.24, 2.45) is 5.92 Å². The molecular weight excluding hydrogens is 270 g/mol. The van der Waals surface area contributed by atoms with Crippen molar-refractivity contribution >= 4 is 29.2 Å². The minimum Gasteiger partial charge on any atom is -0.495 e. The molecule has 1 unspecified atom stereocenters. The summed E-state index contributed by atoms with van der Waals surface area (Å²) >= 11 is 5.94. The highest BCUT2D eigenvalue weighted by atomic mass is 35.5. The fourth-order valence-electron chi connectivity index (χ4n) is 2.10. The van der Waals surface area contributed by atoms with Crippen LogP contribution in [0.4, 0.5) is 5.69 Å². The maximum absolute atomic E-state index is 11.9. The summed E-state index contributed by atoms with van der Waals surface area (Å²) in [6, 6.07) is 5.07. The molecule has 1 atom stereocenters. The van der Waals surface area contributed by atoms with E-state index in [2.05, 4.69) is 4.74 Å². The van der Waals surface area contributed by atoms with Gasteiger partial charge in [0.25, 0.3) is 0 Å². The van der Waals surface area contributed by atoms with E-state index >= 15 is 0 Å². The van der Waals surface area contributed by atoms with Crippen LogP contribution < -0.4 is 9.64 Å². The molecule has 2 rings (SSSR count). The van der Waals surface area contributed by atoms with Gasteiger partial charge >= 0.3 is 5.97 Å². The lowest BCUT2D eigenvalue weighted by Gasteiger charge is -2.17. The van der Waals surface area contributed by atoms with Crippen molar-refractivity contribution in [1.82, 2.24) is 0 Å². The summed E-state index contributed by atoms with van der Waals surface area (Å²) in [5.74, 6) is -0.399. The number of methoxy groups -OCH3 is 2. The van der Waals surface area contributed by atoms with Gasteiger partial charge in [-0.15, -0.1) is 0 Å². The monoisotopic (exact) mass is 283 g/mol. The zero-order valence-electron chi connectivity index (χ0n) is 10.7. The lowest BCUT2D eigenvalue weighted by molar-refractivity contribution is -0.145. The van der Waals surface area contributed by atoms with Crippen LogP contribution in [0.3, 0.4) is 0 Å². The summed E-state index contributed by atoms with van der Waals surface area (Å²) in [5, 5.41) is 0.474. The quantitative estimate of drug-likeness (QED) is 0.795. The number of benzene rings is 1. The summed E-state index contributed by atoms with van der Waals surface area (Å²) in [6.45, 7) is 0.316. The SMILES string of the molecule is COC(=O)C1CC(=O)N(c2ccc(Cl)c(OC)c2)C1. The number of nitrogens with zero attached hydrogens (tertiary/aromatic N) is 1. The van der Waals surface area contributed by atoms with E-state index in [1.165, 1.54) is 14.2 Å². The van der Waals surface area contributed by atoms with E-state index in [1.54, 1.807) is 23.1 Å². The molecule has 6 heteroatoms. The fourth-order valence-corrected chi connectivity index (χ4v) is 2.29. The van der Waals surface area contributed by atoms with Crippen molar-refractivity contribution in [3.05, 3.63) is 23.2 Å². The lowest BCUT2D eigenvalue weighted by Crippen LogP contribution is -2.26. The van der Waals surface area contributed by atoms with Gasteiger partial charge in [0.05, 0.1) is 25.2 Å². The Morgan fingerprint density at radius 1 is 1.42 bits per heavy atom. The Bertz CT molecular complexity index is 517. The first-order valence-corrected chi connectivity index (χ1v) is 6.16. The van der Waals surface area contributed by atoms with Gasteiger partial charge in [-0.3, -0.25) is 9.59 Å². The van der Waals surface area contributed by atoms with Crippen LogP contribution >= 0.6 is 11.6 Å². The van der Waals surface area contributed by atoms with Crippen LogP contribution in [-0.2, 0) is 14.3 Å². The number of hydrogen-bond acceptors (Lipinski definition) is 4. The van der Waals surface area contributed by atoms with Crippen molar-refractivity contribution < 1.29 is 19.1 Å².